The lowest BCUT2D eigenvalue weighted by molar-refractivity contribution is -0.137. The molecule has 0 saturated carbocycles. The number of thiophene rings is 1. The Labute approximate surface area is 266 Å². The molecule has 0 aliphatic carbocycles. The van der Waals surface area contributed by atoms with Gasteiger partial charge in [-0.05, 0) is 56.3 Å². The fourth-order valence-electron chi connectivity index (χ4n) is 6.47. The number of alkyl halides is 4. The standard InChI is InChI=1S/C23H16F5N5OS.C7H12FN.C2H6/c1-34-22-31-18-11(21(32-22)33-6-2-3-7-33)8-13(23(26,27)28)16(17(18)25)10-4-5-14(24)19-15(10)12(9-29)20(30)35-19;8-6-4-7-2-1-3-9(7)5-6;1-2/h4-5,8H,2-3,6-7,30H2,1H3;6-7H,1-5H2;1-2H3. The fraction of sp³-hybridized carbons (Fsp3) is 0.469. The molecule has 0 radical (unpaired) electrons. The van der Waals surface area contributed by atoms with E-state index in [9.17, 15) is 27.2 Å². The van der Waals surface area contributed by atoms with Gasteiger partial charge in [-0.2, -0.15) is 28.4 Å². The molecule has 14 heteroatoms. The molecule has 2 N–H and O–H groups in total. The van der Waals surface area contributed by atoms with Crippen LogP contribution in [0.15, 0.2) is 18.2 Å². The summed E-state index contributed by atoms with van der Waals surface area (Å²) in [5, 5.41) is 9.18. The van der Waals surface area contributed by atoms with Crippen LogP contribution in [0.2, 0.25) is 0 Å². The van der Waals surface area contributed by atoms with Crippen LogP contribution in [0.3, 0.4) is 0 Å². The third kappa shape index (κ3) is 6.14. The number of halogens is 6. The Morgan fingerprint density at radius 1 is 1.09 bits per heavy atom. The molecule has 3 saturated heterocycles. The molecule has 4 aromatic rings. The number of nitrogens with zero attached hydrogens (tertiary/aromatic N) is 5. The Hall–Kier alpha value is -3.83. The van der Waals surface area contributed by atoms with Crippen molar-refractivity contribution in [1.29, 1.82) is 5.26 Å². The molecule has 7 rings (SSSR count). The van der Waals surface area contributed by atoms with Gasteiger partial charge in [0.1, 0.15) is 34.4 Å². The van der Waals surface area contributed by atoms with E-state index < -0.39 is 35.1 Å². The van der Waals surface area contributed by atoms with Crippen molar-refractivity contribution in [3.8, 4) is 23.2 Å². The molecule has 0 spiro atoms. The number of ether oxygens (including phenoxy) is 1. The summed E-state index contributed by atoms with van der Waals surface area (Å²) < 4.78 is 91.3. The smallest absolute Gasteiger partial charge is 0.417 e. The van der Waals surface area contributed by atoms with Gasteiger partial charge in [0.15, 0.2) is 5.82 Å². The van der Waals surface area contributed by atoms with Crippen LogP contribution in [0.25, 0.3) is 32.1 Å². The minimum absolute atomic E-state index is 0.0797. The minimum atomic E-state index is -4.98. The predicted molar refractivity (Wildman–Crippen MR) is 168 cm³/mol. The molecule has 3 aliphatic rings. The van der Waals surface area contributed by atoms with Gasteiger partial charge in [-0.25, -0.2) is 13.2 Å². The van der Waals surface area contributed by atoms with Gasteiger partial charge in [-0.3, -0.25) is 4.90 Å². The van der Waals surface area contributed by atoms with Crippen molar-refractivity contribution < 1.29 is 31.1 Å². The molecule has 5 heterocycles. The van der Waals surface area contributed by atoms with Crippen LogP contribution in [0, 0.1) is 23.0 Å². The summed E-state index contributed by atoms with van der Waals surface area (Å²) in [4.78, 5) is 12.3. The van der Waals surface area contributed by atoms with Crippen molar-refractivity contribution in [1.82, 2.24) is 14.9 Å². The lowest BCUT2D eigenvalue weighted by atomic mass is 9.92. The van der Waals surface area contributed by atoms with Crippen molar-refractivity contribution in [2.45, 2.75) is 64.3 Å². The van der Waals surface area contributed by atoms with Crippen molar-refractivity contribution in [2.75, 3.05) is 43.9 Å². The molecule has 2 aromatic carbocycles. The first-order valence-electron chi connectivity index (χ1n) is 15.2. The lowest BCUT2D eigenvalue weighted by Crippen LogP contribution is -2.22. The van der Waals surface area contributed by atoms with Crippen LogP contribution < -0.4 is 15.4 Å². The van der Waals surface area contributed by atoms with Crippen LogP contribution >= 0.6 is 11.3 Å². The SMILES string of the molecule is CC.COc1nc(N2CCCC2)c2cc(C(F)(F)F)c(-c3ccc(F)c4sc(N)c(C#N)c34)c(F)c2n1.FC1CC2CCCN2C1. The number of fused-ring (bicyclic) bond motifs is 3. The van der Waals surface area contributed by atoms with Gasteiger partial charge in [0.25, 0.3) is 0 Å². The zero-order chi connectivity index (χ0) is 33.3. The first kappa shape index (κ1) is 33.5. The average Bonchev–Trinajstić information content (AvgIpc) is 3.83. The maximum atomic E-state index is 16.1. The van der Waals surface area contributed by atoms with Crippen molar-refractivity contribution in [3.63, 3.8) is 0 Å². The van der Waals surface area contributed by atoms with Gasteiger partial charge in [0.2, 0.25) is 0 Å². The van der Waals surface area contributed by atoms with Crippen LogP contribution in [0.4, 0.5) is 37.2 Å². The number of anilines is 2. The molecule has 2 atom stereocenters. The molecule has 7 nitrogen and oxygen atoms in total. The molecule has 0 bridgehead atoms. The Morgan fingerprint density at radius 3 is 2.43 bits per heavy atom. The molecule has 2 unspecified atom stereocenters. The van der Waals surface area contributed by atoms with Crippen LogP contribution in [0.1, 0.15) is 57.1 Å². The van der Waals surface area contributed by atoms with Crippen LogP contribution in [-0.4, -0.2) is 60.4 Å². The van der Waals surface area contributed by atoms with Crippen LogP contribution in [0.5, 0.6) is 6.01 Å². The summed E-state index contributed by atoms with van der Waals surface area (Å²) in [5.74, 6) is -1.92. The van der Waals surface area contributed by atoms with Crippen LogP contribution in [-0.2, 0) is 6.18 Å². The molecule has 0 amide bonds. The van der Waals surface area contributed by atoms with E-state index in [2.05, 4.69) is 14.9 Å². The summed E-state index contributed by atoms with van der Waals surface area (Å²) in [5.41, 5.74) is 2.79. The van der Waals surface area contributed by atoms with E-state index in [1.165, 1.54) is 20.0 Å². The highest BCUT2D eigenvalue weighted by molar-refractivity contribution is 7.23. The Morgan fingerprint density at radius 2 is 1.80 bits per heavy atom. The summed E-state index contributed by atoms with van der Waals surface area (Å²) in [7, 11) is 1.27. The van der Waals surface area contributed by atoms with Gasteiger partial charge < -0.3 is 15.4 Å². The average molecular weight is 665 g/mol. The second-order valence-corrected chi connectivity index (χ2v) is 12.2. The second-order valence-electron chi connectivity index (χ2n) is 11.1. The Kier molecular flexibility index (Phi) is 9.83. The number of nitrogens with two attached hydrogens (primary N) is 1. The number of hydrogen-bond acceptors (Lipinski definition) is 8. The van der Waals surface area contributed by atoms with E-state index in [-0.39, 0.29) is 48.9 Å². The predicted octanol–water partition coefficient (Wildman–Crippen LogP) is 8.09. The topological polar surface area (TPSA) is 91.3 Å². The minimum Gasteiger partial charge on any atom is -0.467 e. The van der Waals surface area contributed by atoms with E-state index in [1.54, 1.807) is 11.0 Å². The summed E-state index contributed by atoms with van der Waals surface area (Å²) >= 11 is 0.711. The number of nitrogen functional groups attached to an aromatic ring is 1. The number of hydrogen-bond donors (Lipinski definition) is 1. The van der Waals surface area contributed by atoms with Crippen molar-refractivity contribution in [3.05, 3.63) is 41.0 Å². The molecular weight excluding hydrogens is 630 g/mol. The van der Waals surface area contributed by atoms with E-state index in [0.717, 1.165) is 44.0 Å². The van der Waals surface area contributed by atoms with Crippen molar-refractivity contribution >= 4 is 43.1 Å². The number of methoxy groups -OCH3 is 1. The molecule has 246 valence electrons. The van der Waals surface area contributed by atoms with Crippen molar-refractivity contribution in [2.24, 2.45) is 0 Å². The first-order valence-corrected chi connectivity index (χ1v) is 16.0. The van der Waals surface area contributed by atoms with E-state index in [1.807, 2.05) is 13.8 Å². The maximum Gasteiger partial charge on any atom is 0.417 e. The quantitative estimate of drug-likeness (QED) is 0.222. The molecular formula is C32H34F6N6OS. The number of benzene rings is 2. The fourth-order valence-corrected chi connectivity index (χ4v) is 7.42. The third-order valence-corrected chi connectivity index (χ3v) is 9.47. The van der Waals surface area contributed by atoms with Gasteiger partial charge >= 0.3 is 12.2 Å². The van der Waals surface area contributed by atoms with E-state index in [4.69, 9.17) is 10.5 Å². The van der Waals surface area contributed by atoms with Gasteiger partial charge in [-0.15, -0.1) is 11.3 Å². The number of rotatable bonds is 3. The van der Waals surface area contributed by atoms with E-state index in [0.29, 0.717) is 37.0 Å². The summed E-state index contributed by atoms with van der Waals surface area (Å²) in [6.07, 6.45) is -0.551. The second kappa shape index (κ2) is 13.5. The Balaban J connectivity index is 0.000000320. The van der Waals surface area contributed by atoms with Gasteiger partial charge in [0, 0.05) is 42.0 Å². The molecule has 46 heavy (non-hydrogen) atoms. The number of nitriles is 1. The van der Waals surface area contributed by atoms with Gasteiger partial charge in [-0.1, -0.05) is 19.9 Å². The first-order chi connectivity index (χ1) is 22.0. The third-order valence-electron chi connectivity index (χ3n) is 8.44. The number of aromatic nitrogens is 2. The highest BCUT2D eigenvalue weighted by atomic mass is 32.1. The molecule has 2 aromatic heterocycles. The Bertz CT molecular complexity index is 1770. The van der Waals surface area contributed by atoms with E-state index >= 15 is 4.39 Å². The highest BCUT2D eigenvalue weighted by Crippen LogP contribution is 2.48. The molecule has 3 fully saturated rings. The summed E-state index contributed by atoms with van der Waals surface area (Å²) in [6.45, 7) is 6.94. The summed E-state index contributed by atoms with van der Waals surface area (Å²) in [6, 6.07) is 4.95. The van der Waals surface area contributed by atoms with Gasteiger partial charge in [0.05, 0.1) is 22.9 Å². The highest BCUT2D eigenvalue weighted by Gasteiger charge is 2.39. The maximum absolute atomic E-state index is 16.1. The molecule has 3 aliphatic heterocycles. The zero-order valence-electron chi connectivity index (χ0n) is 25.6. The lowest BCUT2D eigenvalue weighted by Gasteiger charge is -2.22. The zero-order valence-corrected chi connectivity index (χ0v) is 26.5. The largest absolute Gasteiger partial charge is 0.467 e. The monoisotopic (exact) mass is 664 g/mol. The normalized spacial score (nSPS) is 19.4.